The van der Waals surface area contributed by atoms with E-state index in [4.69, 9.17) is 15.6 Å². The second-order valence-electron chi connectivity index (χ2n) is 9.51. The first-order chi connectivity index (χ1) is 18.3. The molecule has 2 N–H and O–H groups in total. The van der Waals surface area contributed by atoms with Crippen LogP contribution < -0.4 is 15.4 Å². The number of rotatable bonds is 8. The molecule has 0 bridgehead atoms. The quantitative estimate of drug-likeness (QED) is 0.352. The third-order valence-electron chi connectivity index (χ3n) is 6.87. The van der Waals surface area contributed by atoms with E-state index in [1.165, 1.54) is 36.2 Å². The minimum atomic E-state index is -0.526. The molecule has 1 fully saturated rings. The lowest BCUT2D eigenvalue weighted by molar-refractivity contribution is -0.113. The van der Waals surface area contributed by atoms with E-state index in [1.807, 2.05) is 38.2 Å². The lowest BCUT2D eigenvalue weighted by Gasteiger charge is -2.18. The van der Waals surface area contributed by atoms with Crippen molar-refractivity contribution in [1.82, 2.24) is 24.6 Å². The van der Waals surface area contributed by atoms with Crippen molar-refractivity contribution in [1.29, 1.82) is 0 Å². The average molecular weight is 516 g/mol. The van der Waals surface area contributed by atoms with Gasteiger partial charge < -0.3 is 15.4 Å². The Morgan fingerprint density at radius 2 is 2.00 bits per heavy atom. The van der Waals surface area contributed by atoms with E-state index in [9.17, 15) is 9.18 Å². The topological polar surface area (TPSA) is 102 Å². The number of nitrogen functional groups attached to an aromatic ring is 1. The van der Waals surface area contributed by atoms with Gasteiger partial charge in [0.15, 0.2) is 5.65 Å². The number of methoxy groups -OCH3 is 1. The molecule has 9 nitrogen and oxygen atoms in total. The van der Waals surface area contributed by atoms with Crippen molar-refractivity contribution >= 4 is 28.4 Å². The largest absolute Gasteiger partial charge is 0.496 e. The molecule has 4 aromatic rings. The molecule has 1 aliphatic carbocycles. The number of aryl methyl sites for hydroxylation is 1. The lowest BCUT2D eigenvalue weighted by atomic mass is 10.1. The highest BCUT2D eigenvalue weighted by molar-refractivity contribution is 6.02. The van der Waals surface area contributed by atoms with Gasteiger partial charge in [0, 0.05) is 31.3 Å². The van der Waals surface area contributed by atoms with Crippen molar-refractivity contribution in [3.05, 3.63) is 66.3 Å². The highest BCUT2D eigenvalue weighted by Crippen LogP contribution is 2.35. The number of fused-ring (bicyclic) bond motifs is 1. The van der Waals surface area contributed by atoms with Gasteiger partial charge in [0.25, 0.3) is 5.91 Å². The lowest BCUT2D eigenvalue weighted by Crippen LogP contribution is -2.26. The molecule has 2 heterocycles. The molecule has 2 aromatic heterocycles. The first kappa shape index (κ1) is 25.3. The zero-order chi connectivity index (χ0) is 27.0. The van der Waals surface area contributed by atoms with E-state index >= 15 is 0 Å². The normalized spacial score (nSPS) is 13.5. The Labute approximate surface area is 220 Å². The van der Waals surface area contributed by atoms with Gasteiger partial charge in [0.05, 0.1) is 23.9 Å². The molecule has 0 unspecified atom stereocenters. The first-order valence-corrected chi connectivity index (χ1v) is 12.4. The van der Waals surface area contributed by atoms with Crippen LogP contribution in [-0.4, -0.2) is 64.3 Å². The standard InChI is InChI=1S/C28H30FN7O2/c1-17-7-8-18(14-23(17)38-4)26-25-27(30)31-16-32-28(25)36(33-26)20-11-12-21(29)22(15-20)35(3)24(37)6-5-13-34(2)19-9-10-19/h5-8,11-12,14-16,19H,9-10,13H2,1-4H3,(H2,30,31,32)/b6-5+. The third-order valence-corrected chi connectivity index (χ3v) is 6.87. The monoisotopic (exact) mass is 515 g/mol. The molecule has 0 saturated heterocycles. The smallest absolute Gasteiger partial charge is 0.250 e. The second-order valence-corrected chi connectivity index (χ2v) is 9.51. The Morgan fingerprint density at radius 1 is 1.21 bits per heavy atom. The minimum absolute atomic E-state index is 0.122. The maximum absolute atomic E-state index is 14.9. The SMILES string of the molecule is COc1cc(-c2nn(-c3ccc(F)c(N(C)C(=O)/C=C/CN(C)C4CC4)c3)c3ncnc(N)c23)ccc1C. The molecule has 2 aromatic carbocycles. The Hall–Kier alpha value is -4.31. The zero-order valence-electron chi connectivity index (χ0n) is 21.8. The Kier molecular flexibility index (Phi) is 6.81. The maximum atomic E-state index is 14.9. The number of nitrogens with zero attached hydrogens (tertiary/aromatic N) is 6. The van der Waals surface area contributed by atoms with Crippen molar-refractivity contribution < 1.29 is 13.9 Å². The van der Waals surface area contributed by atoms with Crippen LogP contribution in [0.1, 0.15) is 18.4 Å². The molecule has 1 aliphatic rings. The van der Waals surface area contributed by atoms with E-state index in [0.29, 0.717) is 40.8 Å². The van der Waals surface area contributed by atoms with Crippen LogP contribution in [0.5, 0.6) is 5.75 Å². The first-order valence-electron chi connectivity index (χ1n) is 12.4. The highest BCUT2D eigenvalue weighted by Gasteiger charge is 2.25. The summed E-state index contributed by atoms with van der Waals surface area (Å²) < 4.78 is 22.0. The molecule has 0 atom stereocenters. The predicted molar refractivity (Wildman–Crippen MR) is 146 cm³/mol. The highest BCUT2D eigenvalue weighted by atomic mass is 19.1. The van der Waals surface area contributed by atoms with Gasteiger partial charge in [-0.1, -0.05) is 18.2 Å². The van der Waals surface area contributed by atoms with Gasteiger partial charge in [-0.2, -0.15) is 5.10 Å². The van der Waals surface area contributed by atoms with Crippen LogP contribution in [0.3, 0.4) is 0 Å². The average Bonchev–Trinajstić information content (AvgIpc) is 3.69. The van der Waals surface area contributed by atoms with Gasteiger partial charge in [-0.3, -0.25) is 9.69 Å². The van der Waals surface area contributed by atoms with Crippen LogP contribution in [0.25, 0.3) is 28.0 Å². The summed E-state index contributed by atoms with van der Waals surface area (Å²) >= 11 is 0. The fourth-order valence-corrected chi connectivity index (χ4v) is 4.43. The number of hydrogen-bond acceptors (Lipinski definition) is 7. The van der Waals surface area contributed by atoms with Crippen LogP contribution in [-0.2, 0) is 4.79 Å². The van der Waals surface area contributed by atoms with Gasteiger partial charge in [-0.15, -0.1) is 0 Å². The summed E-state index contributed by atoms with van der Waals surface area (Å²) in [7, 11) is 5.19. The van der Waals surface area contributed by atoms with E-state index in [-0.39, 0.29) is 17.4 Å². The van der Waals surface area contributed by atoms with E-state index in [0.717, 1.165) is 11.1 Å². The third kappa shape index (κ3) is 4.82. The maximum Gasteiger partial charge on any atom is 0.250 e. The van der Waals surface area contributed by atoms with E-state index in [1.54, 1.807) is 31.0 Å². The molecule has 0 aliphatic heterocycles. The van der Waals surface area contributed by atoms with E-state index < -0.39 is 5.82 Å². The molecule has 1 amide bonds. The van der Waals surface area contributed by atoms with Crippen LogP contribution in [0.2, 0.25) is 0 Å². The molecule has 196 valence electrons. The van der Waals surface area contributed by atoms with Crippen molar-refractivity contribution in [3.8, 4) is 22.7 Å². The van der Waals surface area contributed by atoms with Gasteiger partial charge >= 0.3 is 0 Å². The molecular weight excluding hydrogens is 485 g/mol. The number of halogens is 1. The number of hydrogen-bond donors (Lipinski definition) is 1. The molecular formula is C28H30FN7O2. The fraction of sp³-hybridized carbons (Fsp3) is 0.286. The van der Waals surface area contributed by atoms with Gasteiger partial charge in [-0.25, -0.2) is 19.0 Å². The minimum Gasteiger partial charge on any atom is -0.496 e. The summed E-state index contributed by atoms with van der Waals surface area (Å²) in [5.41, 5.74) is 9.68. The number of likely N-dealkylation sites (N-methyl/N-ethyl adjacent to an activating group) is 2. The van der Waals surface area contributed by atoms with Crippen LogP contribution in [0.15, 0.2) is 54.9 Å². The molecule has 10 heteroatoms. The predicted octanol–water partition coefficient (Wildman–Crippen LogP) is 4.13. The molecule has 0 spiro atoms. The number of aromatic nitrogens is 4. The summed E-state index contributed by atoms with van der Waals surface area (Å²) in [6.45, 7) is 2.62. The van der Waals surface area contributed by atoms with Gasteiger partial charge in [0.1, 0.15) is 29.4 Å². The number of amides is 1. The number of ether oxygens (including phenoxy) is 1. The summed E-state index contributed by atoms with van der Waals surface area (Å²) in [4.78, 5) is 24.9. The number of carbonyl (C=O) groups is 1. The Bertz CT molecular complexity index is 1540. The van der Waals surface area contributed by atoms with Crippen molar-refractivity contribution in [2.24, 2.45) is 0 Å². The second kappa shape index (κ2) is 10.2. The molecule has 1 saturated carbocycles. The van der Waals surface area contributed by atoms with Gasteiger partial charge in [-0.05, 0) is 56.6 Å². The zero-order valence-corrected chi connectivity index (χ0v) is 21.8. The van der Waals surface area contributed by atoms with Crippen molar-refractivity contribution in [2.45, 2.75) is 25.8 Å². The number of nitrogens with two attached hydrogens (primary N) is 1. The van der Waals surface area contributed by atoms with Crippen LogP contribution >= 0.6 is 0 Å². The molecule has 38 heavy (non-hydrogen) atoms. The van der Waals surface area contributed by atoms with Crippen LogP contribution in [0, 0.1) is 12.7 Å². The Morgan fingerprint density at radius 3 is 2.74 bits per heavy atom. The molecule has 0 radical (unpaired) electrons. The summed E-state index contributed by atoms with van der Waals surface area (Å²) in [6, 6.07) is 10.8. The summed E-state index contributed by atoms with van der Waals surface area (Å²) in [6.07, 6.45) is 7.02. The number of benzene rings is 2. The van der Waals surface area contributed by atoms with Crippen molar-refractivity contribution in [3.63, 3.8) is 0 Å². The van der Waals surface area contributed by atoms with E-state index in [2.05, 4.69) is 14.9 Å². The summed E-state index contributed by atoms with van der Waals surface area (Å²) in [5.74, 6) is 0.129. The number of anilines is 2. The number of carbonyl (C=O) groups excluding carboxylic acids is 1. The Balaban J connectivity index is 1.52. The van der Waals surface area contributed by atoms with Gasteiger partial charge in [0.2, 0.25) is 0 Å². The van der Waals surface area contributed by atoms with Crippen LogP contribution in [0.4, 0.5) is 15.9 Å². The fourth-order valence-electron chi connectivity index (χ4n) is 4.43. The molecule has 5 rings (SSSR count). The summed E-state index contributed by atoms with van der Waals surface area (Å²) in [5, 5.41) is 5.36. The van der Waals surface area contributed by atoms with Crippen molar-refractivity contribution in [2.75, 3.05) is 38.4 Å².